The second kappa shape index (κ2) is 9.62. The lowest BCUT2D eigenvalue weighted by Gasteiger charge is -2.56. The lowest BCUT2D eigenvalue weighted by Crippen LogP contribution is -2.60. The van der Waals surface area contributed by atoms with E-state index in [0.717, 1.165) is 36.7 Å². The van der Waals surface area contributed by atoms with Gasteiger partial charge in [0.25, 0.3) is 5.56 Å². The second-order valence-electron chi connectivity index (χ2n) is 13.4. The van der Waals surface area contributed by atoms with Crippen LogP contribution in [0.15, 0.2) is 41.2 Å². The second-order valence-corrected chi connectivity index (χ2v) is 13.4. The van der Waals surface area contributed by atoms with Crippen LogP contribution < -0.4 is 5.56 Å². The van der Waals surface area contributed by atoms with Crippen LogP contribution in [-0.2, 0) is 0 Å². The van der Waals surface area contributed by atoms with Gasteiger partial charge in [0.2, 0.25) is 5.69 Å². The molecule has 0 radical (unpaired) electrons. The van der Waals surface area contributed by atoms with Crippen LogP contribution in [0.4, 0.5) is 0 Å². The number of para-hydroxylation sites is 2. The minimum atomic E-state index is -1.25. The van der Waals surface area contributed by atoms with Gasteiger partial charge in [-0.15, -0.1) is 0 Å². The molecule has 0 spiro atoms. The maximum Gasteiger partial charge on any atom is 0.360 e. The highest BCUT2D eigenvalue weighted by atomic mass is 16.4. The molecule has 38 heavy (non-hydrogen) atoms. The Kier molecular flexibility index (Phi) is 6.53. The number of piperidine rings is 2. The van der Waals surface area contributed by atoms with E-state index in [0.29, 0.717) is 47.2 Å². The van der Waals surface area contributed by atoms with Crippen LogP contribution >= 0.6 is 0 Å². The summed E-state index contributed by atoms with van der Waals surface area (Å²) in [5, 5.41) is 9.75. The van der Waals surface area contributed by atoms with E-state index in [-0.39, 0.29) is 11.7 Å². The van der Waals surface area contributed by atoms with Crippen molar-refractivity contribution in [2.75, 3.05) is 6.54 Å². The Labute approximate surface area is 226 Å². The number of hydrogen-bond donors (Lipinski definition) is 1. The molecular formula is C32H43N3O3. The van der Waals surface area contributed by atoms with Gasteiger partial charge in [-0.3, -0.25) is 9.69 Å². The van der Waals surface area contributed by atoms with Gasteiger partial charge in [-0.2, -0.15) is 0 Å². The molecule has 6 heteroatoms. The van der Waals surface area contributed by atoms with E-state index in [4.69, 9.17) is 0 Å². The van der Waals surface area contributed by atoms with Crippen LogP contribution in [0.2, 0.25) is 0 Å². The van der Waals surface area contributed by atoms with Gasteiger partial charge in [0, 0.05) is 24.7 Å². The van der Waals surface area contributed by atoms with Crippen molar-refractivity contribution in [3.63, 3.8) is 0 Å². The van der Waals surface area contributed by atoms with Crippen molar-refractivity contribution >= 4 is 17.0 Å². The molecular weight excluding hydrogens is 474 g/mol. The Bertz CT molecular complexity index is 1300. The summed E-state index contributed by atoms with van der Waals surface area (Å²) in [4.78, 5) is 32.5. The fourth-order valence-electron chi connectivity index (χ4n) is 8.96. The molecule has 10 atom stereocenters. The predicted octanol–water partition coefficient (Wildman–Crippen LogP) is 6.02. The molecule has 7 rings (SSSR count). The zero-order valence-corrected chi connectivity index (χ0v) is 23.3. The molecule has 0 amide bonds. The fourth-order valence-corrected chi connectivity index (χ4v) is 8.96. The van der Waals surface area contributed by atoms with E-state index < -0.39 is 11.5 Å². The molecule has 6 nitrogen and oxygen atoms in total. The first-order valence-corrected chi connectivity index (χ1v) is 14.8. The summed E-state index contributed by atoms with van der Waals surface area (Å²) >= 11 is 0. The Morgan fingerprint density at radius 1 is 0.974 bits per heavy atom. The van der Waals surface area contributed by atoms with Crippen LogP contribution in [0.5, 0.6) is 0 Å². The third-order valence-corrected chi connectivity index (χ3v) is 11.2. The molecule has 5 aliphatic rings. The summed E-state index contributed by atoms with van der Waals surface area (Å²) in [7, 11) is 0. The van der Waals surface area contributed by atoms with E-state index >= 15 is 0 Å². The zero-order chi connectivity index (χ0) is 26.9. The topological polar surface area (TPSA) is 75.4 Å². The molecule has 3 saturated carbocycles. The number of allylic oxidation sites excluding steroid dienone is 1. The number of fused-ring (bicyclic) bond motifs is 7. The average molecular weight is 518 g/mol. The van der Waals surface area contributed by atoms with Gasteiger partial charge in [0.15, 0.2) is 0 Å². The van der Waals surface area contributed by atoms with E-state index in [1.54, 1.807) is 4.57 Å². The van der Waals surface area contributed by atoms with Crippen LogP contribution in [-0.4, -0.2) is 44.2 Å². The molecule has 1 aromatic heterocycles. The van der Waals surface area contributed by atoms with Gasteiger partial charge in [0.1, 0.15) is 0 Å². The Balaban J connectivity index is 1.32. The van der Waals surface area contributed by atoms with Gasteiger partial charge < -0.3 is 9.67 Å². The first-order valence-electron chi connectivity index (χ1n) is 14.8. The summed E-state index contributed by atoms with van der Waals surface area (Å²) in [5.74, 6) is 3.38. The van der Waals surface area contributed by atoms with Gasteiger partial charge in [0.05, 0.1) is 11.0 Å². The Morgan fingerprint density at radius 2 is 1.66 bits per heavy atom. The van der Waals surface area contributed by atoms with Crippen LogP contribution in [0.25, 0.3) is 11.0 Å². The molecule has 3 heterocycles. The molecule has 3 aliphatic carbocycles. The van der Waals surface area contributed by atoms with Gasteiger partial charge in [-0.1, -0.05) is 52.0 Å². The van der Waals surface area contributed by atoms with Crippen molar-refractivity contribution < 1.29 is 9.90 Å². The quantitative estimate of drug-likeness (QED) is 0.502. The third kappa shape index (κ3) is 4.14. The summed E-state index contributed by atoms with van der Waals surface area (Å²) in [6.07, 6.45) is 6.87. The highest BCUT2D eigenvalue weighted by Gasteiger charge is 2.48. The van der Waals surface area contributed by atoms with E-state index in [9.17, 15) is 14.7 Å². The third-order valence-electron chi connectivity index (χ3n) is 11.2. The Morgan fingerprint density at radius 3 is 2.32 bits per heavy atom. The maximum atomic E-state index is 13.5. The number of carbonyl (C=O) groups is 1. The Hall–Kier alpha value is -2.47. The minimum Gasteiger partial charge on any atom is -0.476 e. The van der Waals surface area contributed by atoms with Crippen molar-refractivity contribution in [2.45, 2.75) is 84.3 Å². The predicted molar refractivity (Wildman–Crippen MR) is 150 cm³/mol. The fraction of sp³-hybridized carbons (Fsp3) is 0.656. The van der Waals surface area contributed by atoms with E-state index in [1.807, 2.05) is 24.3 Å². The summed E-state index contributed by atoms with van der Waals surface area (Å²) in [6, 6.07) is 8.28. The first kappa shape index (κ1) is 25.8. The van der Waals surface area contributed by atoms with E-state index in [1.165, 1.54) is 31.3 Å². The molecule has 1 aromatic carbocycles. The van der Waals surface area contributed by atoms with Crippen molar-refractivity contribution in [1.29, 1.82) is 0 Å². The molecule has 2 aromatic rings. The van der Waals surface area contributed by atoms with Crippen LogP contribution in [0.1, 0.15) is 82.8 Å². The molecule has 204 valence electrons. The number of rotatable bonds is 4. The number of carboxylic acid groups (broad SMARTS) is 1. The van der Waals surface area contributed by atoms with Crippen molar-refractivity contribution in [2.24, 2.45) is 41.4 Å². The minimum absolute atomic E-state index is 0.0200. The highest BCUT2D eigenvalue weighted by molar-refractivity contribution is 5.88. The first-order chi connectivity index (χ1) is 18.1. The number of aromatic nitrogens is 2. The average Bonchev–Trinajstić information content (AvgIpc) is 2.87. The van der Waals surface area contributed by atoms with Crippen molar-refractivity contribution in [1.82, 2.24) is 14.5 Å². The molecule has 1 N–H and O–H groups in total. The zero-order valence-electron chi connectivity index (χ0n) is 23.3. The van der Waals surface area contributed by atoms with Crippen LogP contribution in [0.3, 0.4) is 0 Å². The number of nitrogens with zero attached hydrogens (tertiary/aromatic N) is 3. The summed E-state index contributed by atoms with van der Waals surface area (Å²) in [6.45, 7) is 15.3. The smallest absolute Gasteiger partial charge is 0.360 e. The number of benzene rings is 1. The maximum absolute atomic E-state index is 13.5. The van der Waals surface area contributed by atoms with Gasteiger partial charge in [-0.05, 0) is 92.1 Å². The normalized spacial score (nSPS) is 39.3. The summed E-state index contributed by atoms with van der Waals surface area (Å²) in [5.41, 5.74) is 2.01. The largest absolute Gasteiger partial charge is 0.476 e. The molecule has 5 fully saturated rings. The van der Waals surface area contributed by atoms with Crippen molar-refractivity contribution in [3.05, 3.63) is 52.5 Å². The van der Waals surface area contributed by atoms with Gasteiger partial charge in [-0.25, -0.2) is 9.78 Å². The lowest BCUT2D eigenvalue weighted by atomic mass is 9.57. The molecule has 2 saturated heterocycles. The molecule has 1 unspecified atom stereocenters. The van der Waals surface area contributed by atoms with E-state index in [2.05, 4.69) is 44.2 Å². The SMILES string of the molecule is C=C1[C@@H]2C[C@H](CN3[C@@H]4CC(n5c(=O)c(C(=O)O)nc6ccccc65)C[C@H]3[C@H](C)C[C@@H]4C)C[C@H](C)[C@H](C)[C@H]1C2. The van der Waals surface area contributed by atoms with Crippen molar-refractivity contribution in [3.8, 4) is 0 Å². The number of aromatic carboxylic acids is 1. The summed E-state index contributed by atoms with van der Waals surface area (Å²) < 4.78 is 1.78. The standard InChI is InChI=1S/C32H43N3O3/c1-17-11-22(12-23-13-25(20(17)4)21(23)5)16-34-28-14-24(15-29(34)19(3)10-18(28)2)35-27-9-7-6-8-26(27)33-30(31(35)36)32(37)38/h6-9,17-20,22-25,28-29H,5,10-16H2,1-4H3,(H,37,38)/t17-,18-,19+,20-,22+,23+,24?,25+,28+,29-/m0/s1. The van der Waals surface area contributed by atoms with Gasteiger partial charge >= 0.3 is 5.97 Å². The molecule has 2 aliphatic heterocycles. The highest BCUT2D eigenvalue weighted by Crippen LogP contribution is 2.53. The van der Waals surface area contributed by atoms with Crippen LogP contribution in [0, 0.1) is 41.4 Å². The number of carboxylic acids is 1. The number of hydrogen-bond acceptors (Lipinski definition) is 4. The lowest BCUT2D eigenvalue weighted by molar-refractivity contribution is -0.0581. The molecule has 4 bridgehead atoms. The monoisotopic (exact) mass is 517 g/mol.